The van der Waals surface area contributed by atoms with Crippen molar-refractivity contribution in [3.63, 3.8) is 0 Å². The number of hydrogen-bond donors (Lipinski definition) is 1. The molecule has 1 fully saturated rings. The molecule has 1 heterocycles. The standard InChI is InChI=1S/C22H24FN3O7S/c1-14-6-7-16(12-20(14)34(31,32)25-10-4-3-5-11-25)22(28)33-15(2)21(27)24-17-8-9-18(23)19(13-17)26(29)30/h6-9,12-13,15H,3-5,10-11H2,1-2H3,(H,24,27). The molecule has 1 aliphatic rings. The van der Waals surface area contributed by atoms with Crippen LogP contribution in [0.15, 0.2) is 41.3 Å². The van der Waals surface area contributed by atoms with Crippen molar-refractivity contribution in [3.8, 4) is 0 Å². The summed E-state index contributed by atoms with van der Waals surface area (Å²) in [5, 5.41) is 13.2. The lowest BCUT2D eigenvalue weighted by atomic mass is 10.1. The molecular formula is C22H24FN3O7S. The van der Waals surface area contributed by atoms with E-state index in [9.17, 15) is 32.5 Å². The summed E-state index contributed by atoms with van der Waals surface area (Å²) in [5.41, 5.74) is -0.431. The van der Waals surface area contributed by atoms with Crippen molar-refractivity contribution < 1.29 is 32.1 Å². The number of piperidine rings is 1. The first-order valence-corrected chi connectivity index (χ1v) is 12.0. The average molecular weight is 494 g/mol. The predicted octanol–water partition coefficient (Wildman–Crippen LogP) is 3.40. The van der Waals surface area contributed by atoms with Crippen LogP contribution in [0.4, 0.5) is 15.8 Å². The van der Waals surface area contributed by atoms with Crippen LogP contribution < -0.4 is 5.32 Å². The van der Waals surface area contributed by atoms with E-state index in [-0.39, 0.29) is 16.1 Å². The summed E-state index contributed by atoms with van der Waals surface area (Å²) in [6.45, 7) is 3.74. The van der Waals surface area contributed by atoms with Crippen molar-refractivity contribution in [2.45, 2.75) is 44.1 Å². The summed E-state index contributed by atoms with van der Waals surface area (Å²) in [6.07, 6.45) is 1.18. The zero-order chi connectivity index (χ0) is 25.0. The number of sulfonamides is 1. The predicted molar refractivity (Wildman–Crippen MR) is 120 cm³/mol. The minimum absolute atomic E-state index is 0.000392. The molecule has 10 nitrogen and oxygen atoms in total. The lowest BCUT2D eigenvalue weighted by molar-refractivity contribution is -0.387. The van der Waals surface area contributed by atoms with Crippen LogP contribution in [-0.4, -0.2) is 48.7 Å². The molecule has 1 atom stereocenters. The van der Waals surface area contributed by atoms with Gasteiger partial charge in [-0.1, -0.05) is 12.5 Å². The first-order valence-electron chi connectivity index (χ1n) is 10.6. The second kappa shape index (κ2) is 10.3. The van der Waals surface area contributed by atoms with Crippen LogP contribution >= 0.6 is 0 Å². The number of anilines is 1. The average Bonchev–Trinajstić information content (AvgIpc) is 2.80. The fourth-order valence-electron chi connectivity index (χ4n) is 3.51. The number of hydrogen-bond acceptors (Lipinski definition) is 7. The summed E-state index contributed by atoms with van der Waals surface area (Å²) in [6, 6.07) is 6.94. The molecule has 0 aromatic heterocycles. The normalized spacial score (nSPS) is 15.4. The Kier molecular flexibility index (Phi) is 7.62. The third kappa shape index (κ3) is 5.57. The van der Waals surface area contributed by atoms with Crippen molar-refractivity contribution in [2.75, 3.05) is 18.4 Å². The second-order valence-electron chi connectivity index (χ2n) is 7.91. The molecule has 1 aliphatic heterocycles. The van der Waals surface area contributed by atoms with Gasteiger partial charge in [-0.15, -0.1) is 0 Å². The summed E-state index contributed by atoms with van der Waals surface area (Å²) in [5.74, 6) is -2.78. The Balaban J connectivity index is 1.73. The highest BCUT2D eigenvalue weighted by molar-refractivity contribution is 7.89. The second-order valence-corrected chi connectivity index (χ2v) is 9.81. The molecule has 3 rings (SSSR count). The van der Waals surface area contributed by atoms with E-state index in [0.717, 1.165) is 37.5 Å². The molecule has 2 aromatic carbocycles. The number of carbonyl (C=O) groups excluding carboxylic acids is 2. The van der Waals surface area contributed by atoms with Crippen LogP contribution in [0, 0.1) is 22.9 Å². The first-order chi connectivity index (χ1) is 16.0. The summed E-state index contributed by atoms with van der Waals surface area (Å²) < 4.78 is 46.1. The number of nitrogens with zero attached hydrogens (tertiary/aromatic N) is 2. The van der Waals surface area contributed by atoms with Crippen LogP contribution in [0.3, 0.4) is 0 Å². The Hall–Kier alpha value is -3.38. The van der Waals surface area contributed by atoms with Crippen LogP contribution in [0.25, 0.3) is 0 Å². The highest BCUT2D eigenvalue weighted by Crippen LogP contribution is 2.25. The van der Waals surface area contributed by atoms with Crippen LogP contribution in [0.2, 0.25) is 0 Å². The maximum Gasteiger partial charge on any atom is 0.338 e. The number of ether oxygens (including phenoxy) is 1. The number of nitro benzene ring substituents is 1. The van der Waals surface area contributed by atoms with Gasteiger partial charge in [-0.3, -0.25) is 14.9 Å². The van der Waals surface area contributed by atoms with Gasteiger partial charge >= 0.3 is 11.7 Å². The number of nitrogens with one attached hydrogen (secondary N) is 1. The Bertz CT molecular complexity index is 1230. The number of amides is 1. The Labute approximate surface area is 195 Å². The molecule has 182 valence electrons. The molecular weight excluding hydrogens is 469 g/mol. The van der Waals surface area contributed by atoms with Gasteiger partial charge in [0.2, 0.25) is 15.8 Å². The summed E-state index contributed by atoms with van der Waals surface area (Å²) in [4.78, 5) is 34.9. The minimum Gasteiger partial charge on any atom is -0.449 e. The van der Waals surface area contributed by atoms with Crippen LogP contribution in [-0.2, 0) is 19.6 Å². The van der Waals surface area contributed by atoms with Gasteiger partial charge in [0.15, 0.2) is 6.10 Å². The maximum atomic E-state index is 13.5. The van der Waals surface area contributed by atoms with E-state index in [4.69, 9.17) is 4.74 Å². The van der Waals surface area contributed by atoms with E-state index in [0.29, 0.717) is 18.7 Å². The lowest BCUT2D eigenvalue weighted by Gasteiger charge is -2.26. The molecule has 0 bridgehead atoms. The Morgan fingerprint density at radius 2 is 1.82 bits per heavy atom. The maximum absolute atomic E-state index is 13.5. The number of rotatable bonds is 7. The fourth-order valence-corrected chi connectivity index (χ4v) is 5.27. The van der Waals surface area contributed by atoms with Gasteiger partial charge in [0.25, 0.3) is 5.91 Å². The number of nitro groups is 1. The number of halogens is 1. The molecule has 1 saturated heterocycles. The monoisotopic (exact) mass is 493 g/mol. The van der Waals surface area contributed by atoms with E-state index >= 15 is 0 Å². The van der Waals surface area contributed by atoms with Gasteiger partial charge in [-0.05, 0) is 56.5 Å². The van der Waals surface area contributed by atoms with Gasteiger partial charge in [-0.2, -0.15) is 8.70 Å². The Morgan fingerprint density at radius 3 is 2.47 bits per heavy atom. The Morgan fingerprint density at radius 1 is 1.15 bits per heavy atom. The first kappa shape index (κ1) is 25.2. The highest BCUT2D eigenvalue weighted by Gasteiger charge is 2.29. The van der Waals surface area contributed by atoms with E-state index < -0.39 is 44.4 Å². The molecule has 0 aliphatic carbocycles. The van der Waals surface area contributed by atoms with Gasteiger partial charge < -0.3 is 10.1 Å². The zero-order valence-electron chi connectivity index (χ0n) is 18.6. The van der Waals surface area contributed by atoms with E-state index in [1.165, 1.54) is 29.4 Å². The van der Waals surface area contributed by atoms with Crippen LogP contribution in [0.5, 0.6) is 0 Å². The van der Waals surface area contributed by atoms with Crippen molar-refractivity contribution in [1.82, 2.24) is 4.31 Å². The minimum atomic E-state index is -3.79. The smallest absolute Gasteiger partial charge is 0.338 e. The molecule has 1 amide bonds. The molecule has 2 aromatic rings. The van der Waals surface area contributed by atoms with Crippen molar-refractivity contribution in [2.24, 2.45) is 0 Å². The van der Waals surface area contributed by atoms with Crippen molar-refractivity contribution in [3.05, 3.63) is 63.5 Å². The third-order valence-electron chi connectivity index (χ3n) is 5.42. The molecule has 1 unspecified atom stereocenters. The van der Waals surface area contributed by atoms with E-state index in [1.807, 2.05) is 0 Å². The summed E-state index contributed by atoms with van der Waals surface area (Å²) >= 11 is 0. The SMILES string of the molecule is Cc1ccc(C(=O)OC(C)C(=O)Nc2ccc(F)c([N+](=O)[O-])c2)cc1S(=O)(=O)N1CCCCC1. The number of esters is 1. The van der Waals surface area contributed by atoms with Gasteiger partial charge in [0.1, 0.15) is 0 Å². The van der Waals surface area contributed by atoms with Crippen molar-refractivity contribution >= 4 is 33.3 Å². The zero-order valence-corrected chi connectivity index (χ0v) is 19.4. The third-order valence-corrected chi connectivity index (χ3v) is 7.46. The largest absolute Gasteiger partial charge is 0.449 e. The molecule has 34 heavy (non-hydrogen) atoms. The highest BCUT2D eigenvalue weighted by atomic mass is 32.2. The lowest BCUT2D eigenvalue weighted by Crippen LogP contribution is -2.36. The molecule has 0 radical (unpaired) electrons. The topological polar surface area (TPSA) is 136 Å². The number of aryl methyl sites for hydroxylation is 1. The molecule has 12 heteroatoms. The van der Waals surface area contributed by atoms with Gasteiger partial charge in [-0.25, -0.2) is 13.2 Å². The fraction of sp³-hybridized carbons (Fsp3) is 0.364. The molecule has 1 N–H and O–H groups in total. The molecule has 0 spiro atoms. The van der Waals surface area contributed by atoms with E-state index in [2.05, 4.69) is 5.32 Å². The summed E-state index contributed by atoms with van der Waals surface area (Å²) in [7, 11) is -3.79. The molecule has 0 saturated carbocycles. The number of carbonyl (C=O) groups is 2. The van der Waals surface area contributed by atoms with Gasteiger partial charge in [0, 0.05) is 24.8 Å². The van der Waals surface area contributed by atoms with Crippen molar-refractivity contribution in [1.29, 1.82) is 0 Å². The quantitative estimate of drug-likeness (QED) is 0.355. The number of benzene rings is 2. The van der Waals surface area contributed by atoms with E-state index in [1.54, 1.807) is 6.92 Å². The van der Waals surface area contributed by atoms with Gasteiger partial charge in [0.05, 0.1) is 15.4 Å². The van der Waals surface area contributed by atoms with Crippen LogP contribution in [0.1, 0.15) is 42.1 Å².